The summed E-state index contributed by atoms with van der Waals surface area (Å²) in [5, 5.41) is 8.85. The van der Waals surface area contributed by atoms with Crippen LogP contribution in [0.5, 0.6) is 0 Å². The highest BCUT2D eigenvalue weighted by Crippen LogP contribution is 2.25. The SMILES string of the molecule is C(=Nc1ccc(-c2nnc3n2CCCCC3)cc1)c1ccc(N2CCOCC2)cc1. The molecule has 5 rings (SSSR count). The number of fused-ring (bicyclic) bond motifs is 1. The minimum absolute atomic E-state index is 0.802. The van der Waals surface area contributed by atoms with Gasteiger partial charge in [0.05, 0.1) is 18.9 Å². The molecule has 3 heterocycles. The van der Waals surface area contributed by atoms with Gasteiger partial charge in [-0.15, -0.1) is 10.2 Å². The zero-order valence-electron chi connectivity index (χ0n) is 17.2. The van der Waals surface area contributed by atoms with Crippen LogP contribution < -0.4 is 4.90 Å². The summed E-state index contributed by atoms with van der Waals surface area (Å²) in [7, 11) is 0. The Morgan fingerprint density at radius 2 is 1.63 bits per heavy atom. The highest BCUT2D eigenvalue weighted by molar-refractivity contribution is 5.82. The molecule has 0 unspecified atom stereocenters. The van der Waals surface area contributed by atoms with Crippen LogP contribution in [-0.4, -0.2) is 47.3 Å². The number of aryl methyl sites for hydroxylation is 1. The average molecular weight is 402 g/mol. The number of morpholine rings is 1. The van der Waals surface area contributed by atoms with Crippen LogP contribution in [0.4, 0.5) is 11.4 Å². The molecule has 6 nitrogen and oxygen atoms in total. The molecule has 0 bridgehead atoms. The monoisotopic (exact) mass is 401 g/mol. The lowest BCUT2D eigenvalue weighted by molar-refractivity contribution is 0.122. The molecule has 0 amide bonds. The van der Waals surface area contributed by atoms with Gasteiger partial charge in [-0.3, -0.25) is 4.99 Å². The van der Waals surface area contributed by atoms with Crippen LogP contribution >= 0.6 is 0 Å². The second-order valence-electron chi connectivity index (χ2n) is 7.90. The van der Waals surface area contributed by atoms with E-state index >= 15 is 0 Å². The first-order valence-corrected chi connectivity index (χ1v) is 10.9. The van der Waals surface area contributed by atoms with Crippen molar-refractivity contribution in [2.24, 2.45) is 4.99 Å². The number of hydrogen-bond donors (Lipinski definition) is 0. The van der Waals surface area contributed by atoms with Crippen molar-refractivity contribution >= 4 is 17.6 Å². The molecular formula is C24H27N5O. The summed E-state index contributed by atoms with van der Waals surface area (Å²) in [4.78, 5) is 7.00. The molecule has 0 aliphatic carbocycles. The maximum atomic E-state index is 5.43. The van der Waals surface area contributed by atoms with Crippen LogP contribution in [0.3, 0.4) is 0 Å². The molecule has 2 aromatic carbocycles. The molecule has 1 saturated heterocycles. The Bertz CT molecular complexity index is 1000. The molecule has 154 valence electrons. The maximum absolute atomic E-state index is 5.43. The van der Waals surface area contributed by atoms with Crippen molar-refractivity contribution < 1.29 is 4.74 Å². The molecule has 0 saturated carbocycles. The zero-order chi connectivity index (χ0) is 20.2. The fourth-order valence-corrected chi connectivity index (χ4v) is 4.14. The summed E-state index contributed by atoms with van der Waals surface area (Å²) in [5.41, 5.74) is 4.38. The van der Waals surface area contributed by atoms with Gasteiger partial charge in [-0.1, -0.05) is 18.6 Å². The van der Waals surface area contributed by atoms with Crippen molar-refractivity contribution in [1.29, 1.82) is 0 Å². The Kier molecular flexibility index (Phi) is 5.57. The Hall–Kier alpha value is -2.99. The van der Waals surface area contributed by atoms with Crippen LogP contribution in [0.1, 0.15) is 30.7 Å². The highest BCUT2D eigenvalue weighted by Gasteiger charge is 2.15. The lowest BCUT2D eigenvalue weighted by Gasteiger charge is -2.28. The van der Waals surface area contributed by atoms with E-state index in [-0.39, 0.29) is 0 Å². The fourth-order valence-electron chi connectivity index (χ4n) is 4.14. The smallest absolute Gasteiger partial charge is 0.163 e. The third-order valence-electron chi connectivity index (χ3n) is 5.87. The molecule has 0 atom stereocenters. The zero-order valence-corrected chi connectivity index (χ0v) is 17.2. The number of aromatic nitrogens is 3. The number of ether oxygens (including phenoxy) is 1. The van der Waals surface area contributed by atoms with Gasteiger partial charge in [-0.2, -0.15) is 0 Å². The lowest BCUT2D eigenvalue weighted by Crippen LogP contribution is -2.36. The molecule has 0 spiro atoms. The van der Waals surface area contributed by atoms with E-state index < -0.39 is 0 Å². The lowest BCUT2D eigenvalue weighted by atomic mass is 10.2. The summed E-state index contributed by atoms with van der Waals surface area (Å²) in [6.07, 6.45) is 6.62. The molecular weight excluding hydrogens is 374 g/mol. The van der Waals surface area contributed by atoms with Crippen LogP contribution in [0.25, 0.3) is 11.4 Å². The number of hydrogen-bond acceptors (Lipinski definition) is 5. The summed E-state index contributed by atoms with van der Waals surface area (Å²) in [6, 6.07) is 16.8. The predicted octanol–water partition coefficient (Wildman–Crippen LogP) is 4.26. The Morgan fingerprint density at radius 1 is 0.833 bits per heavy atom. The minimum Gasteiger partial charge on any atom is -0.378 e. The summed E-state index contributed by atoms with van der Waals surface area (Å²) >= 11 is 0. The second kappa shape index (κ2) is 8.79. The van der Waals surface area contributed by atoms with Crippen LogP contribution in [-0.2, 0) is 17.7 Å². The first-order valence-electron chi connectivity index (χ1n) is 10.9. The molecule has 6 heteroatoms. The first-order chi connectivity index (χ1) is 14.9. The number of nitrogens with zero attached hydrogens (tertiary/aromatic N) is 5. The van der Waals surface area contributed by atoms with Crippen LogP contribution in [0, 0.1) is 0 Å². The van der Waals surface area contributed by atoms with Crippen molar-refractivity contribution in [2.45, 2.75) is 32.2 Å². The van der Waals surface area contributed by atoms with Gasteiger partial charge in [-0.25, -0.2) is 0 Å². The summed E-state index contributed by atoms with van der Waals surface area (Å²) in [6.45, 7) is 4.52. The Balaban J connectivity index is 1.27. The largest absolute Gasteiger partial charge is 0.378 e. The standard InChI is InChI=1S/C24H27N5O/c1-2-4-23-26-27-24(29(23)13-3-1)20-7-9-21(10-8-20)25-18-19-5-11-22(12-6-19)28-14-16-30-17-15-28/h5-12,18H,1-4,13-17H2. The average Bonchev–Trinajstić information content (AvgIpc) is 3.07. The van der Waals surface area contributed by atoms with Gasteiger partial charge in [0, 0.05) is 43.5 Å². The molecule has 30 heavy (non-hydrogen) atoms. The van der Waals surface area contributed by atoms with E-state index in [9.17, 15) is 0 Å². The molecule has 3 aromatic rings. The van der Waals surface area contributed by atoms with E-state index in [0.717, 1.165) is 67.7 Å². The molecule has 2 aliphatic heterocycles. The van der Waals surface area contributed by atoms with E-state index in [1.54, 1.807) is 0 Å². The van der Waals surface area contributed by atoms with Crippen molar-refractivity contribution in [2.75, 3.05) is 31.2 Å². The van der Waals surface area contributed by atoms with E-state index in [4.69, 9.17) is 4.74 Å². The van der Waals surface area contributed by atoms with Gasteiger partial charge in [0.15, 0.2) is 5.82 Å². The minimum atomic E-state index is 0.802. The molecule has 0 N–H and O–H groups in total. The molecule has 0 radical (unpaired) electrons. The normalized spacial score (nSPS) is 17.1. The number of anilines is 1. The van der Waals surface area contributed by atoms with Gasteiger partial charge in [0.25, 0.3) is 0 Å². The maximum Gasteiger partial charge on any atom is 0.163 e. The fraction of sp³-hybridized carbons (Fsp3) is 0.375. The van der Waals surface area contributed by atoms with E-state index in [1.165, 1.54) is 24.9 Å². The van der Waals surface area contributed by atoms with Crippen LogP contribution in [0.2, 0.25) is 0 Å². The second-order valence-corrected chi connectivity index (χ2v) is 7.90. The van der Waals surface area contributed by atoms with Gasteiger partial charge in [0.2, 0.25) is 0 Å². The Morgan fingerprint density at radius 3 is 2.43 bits per heavy atom. The molecule has 1 fully saturated rings. The molecule has 2 aliphatic rings. The van der Waals surface area contributed by atoms with Gasteiger partial charge in [-0.05, 0) is 54.8 Å². The number of rotatable bonds is 4. The van der Waals surface area contributed by atoms with Crippen molar-refractivity contribution in [3.8, 4) is 11.4 Å². The summed E-state index contributed by atoms with van der Waals surface area (Å²) < 4.78 is 7.70. The van der Waals surface area contributed by atoms with Crippen LogP contribution in [0.15, 0.2) is 53.5 Å². The van der Waals surface area contributed by atoms with Gasteiger partial charge in [0.1, 0.15) is 5.82 Å². The van der Waals surface area contributed by atoms with Crippen molar-refractivity contribution in [3.63, 3.8) is 0 Å². The predicted molar refractivity (Wildman–Crippen MR) is 120 cm³/mol. The number of aliphatic imine (C=N–C) groups is 1. The van der Waals surface area contributed by atoms with Crippen molar-refractivity contribution in [1.82, 2.24) is 14.8 Å². The topological polar surface area (TPSA) is 55.5 Å². The third kappa shape index (κ3) is 4.14. The van der Waals surface area contributed by atoms with E-state index in [1.807, 2.05) is 18.3 Å². The van der Waals surface area contributed by atoms with Gasteiger partial charge >= 0.3 is 0 Å². The third-order valence-corrected chi connectivity index (χ3v) is 5.87. The highest BCUT2D eigenvalue weighted by atomic mass is 16.5. The van der Waals surface area contributed by atoms with E-state index in [0.29, 0.717) is 0 Å². The first kappa shape index (κ1) is 19.0. The quantitative estimate of drug-likeness (QED) is 0.613. The number of benzene rings is 2. The van der Waals surface area contributed by atoms with Crippen molar-refractivity contribution in [3.05, 3.63) is 59.9 Å². The molecule has 1 aromatic heterocycles. The Labute approximate surface area is 177 Å². The summed E-state index contributed by atoms with van der Waals surface area (Å²) in [5.74, 6) is 2.09. The van der Waals surface area contributed by atoms with E-state index in [2.05, 4.69) is 61.1 Å². The van der Waals surface area contributed by atoms with Gasteiger partial charge < -0.3 is 14.2 Å².